The number of carbonyl (C=O) groups is 2. The number of fused-ring (bicyclic) bond motifs is 1. The minimum Gasteiger partial charge on any atom is -0.492 e. The van der Waals surface area contributed by atoms with Crippen LogP contribution >= 0.6 is 11.3 Å². The normalized spacial score (nSPS) is 14.9. The lowest BCUT2D eigenvalue weighted by Crippen LogP contribution is -2.46. The summed E-state index contributed by atoms with van der Waals surface area (Å²) >= 11 is 1.52. The Morgan fingerprint density at radius 1 is 1.34 bits per heavy atom. The van der Waals surface area contributed by atoms with Gasteiger partial charge in [-0.3, -0.25) is 4.79 Å². The van der Waals surface area contributed by atoms with Crippen molar-refractivity contribution in [3.8, 4) is 5.75 Å². The molecule has 3 aromatic rings. The van der Waals surface area contributed by atoms with Gasteiger partial charge in [-0.25, -0.2) is 9.78 Å². The van der Waals surface area contributed by atoms with E-state index < -0.39 is 24.3 Å². The molecule has 3 heterocycles. The predicted octanol–water partition coefficient (Wildman–Crippen LogP) is 4.04. The van der Waals surface area contributed by atoms with Crippen molar-refractivity contribution in [1.29, 1.82) is 0 Å². The Morgan fingerprint density at radius 3 is 2.83 bits per heavy atom. The zero-order valence-corrected chi connectivity index (χ0v) is 19.8. The number of carboxylic acids is 1. The number of carboxylic acid groups (broad SMARTS) is 1. The topological polar surface area (TPSA) is 108 Å². The van der Waals surface area contributed by atoms with Gasteiger partial charge in [-0.1, -0.05) is 6.07 Å². The van der Waals surface area contributed by atoms with Gasteiger partial charge >= 0.3 is 11.9 Å². The number of amides is 1. The van der Waals surface area contributed by atoms with Crippen LogP contribution in [-0.4, -0.2) is 59.6 Å². The molecule has 9 nitrogen and oxygen atoms in total. The van der Waals surface area contributed by atoms with E-state index in [1.165, 1.54) is 47.7 Å². The molecule has 0 atom stereocenters. The number of aromatic nitrogens is 2. The lowest BCUT2D eigenvalue weighted by Gasteiger charge is -2.25. The Balaban J connectivity index is 1.70. The number of carbonyl (C=O) groups excluding carboxylic acids is 1. The van der Waals surface area contributed by atoms with Crippen LogP contribution in [-0.2, 0) is 11.2 Å². The Morgan fingerprint density at radius 2 is 2.14 bits per heavy atom. The summed E-state index contributed by atoms with van der Waals surface area (Å²) in [7, 11) is 1.27. The number of anilines is 4. The van der Waals surface area contributed by atoms with Crippen molar-refractivity contribution >= 4 is 46.4 Å². The molecule has 4 rings (SSSR count). The fraction of sp³-hybridized carbons (Fsp3) is 0.304. The molecule has 1 aliphatic rings. The minimum atomic E-state index is -3.60. The van der Waals surface area contributed by atoms with Crippen LogP contribution in [0, 0.1) is 0 Å². The van der Waals surface area contributed by atoms with E-state index in [0.29, 0.717) is 18.7 Å². The van der Waals surface area contributed by atoms with Crippen molar-refractivity contribution in [2.75, 3.05) is 41.9 Å². The van der Waals surface area contributed by atoms with Gasteiger partial charge in [0.05, 0.1) is 30.6 Å². The van der Waals surface area contributed by atoms with Crippen LogP contribution in [0.5, 0.6) is 5.75 Å². The average Bonchev–Trinajstić information content (AvgIpc) is 3.33. The molecule has 184 valence electrons. The minimum absolute atomic E-state index is 0.0453. The Bertz CT molecular complexity index is 1240. The summed E-state index contributed by atoms with van der Waals surface area (Å²) < 4.78 is 35.0. The van der Waals surface area contributed by atoms with E-state index in [9.17, 15) is 23.5 Å². The standard InChI is InChI=1S/C23H23F2N5O4S/c1-3-34-18-11-14(20(31)32)6-7-16(18)27-22-26-12-17-19(28-22)30(9-8-15-5-4-10-35-15)13-23(24,25)21(33)29(17)2/h4-7,10-12H,3,8-9,13H2,1-2H3,(H,31,32)(H,26,27,28). The molecule has 0 spiro atoms. The fourth-order valence-electron chi connectivity index (χ4n) is 3.67. The second-order valence-corrected chi connectivity index (χ2v) is 8.83. The van der Waals surface area contributed by atoms with E-state index in [0.717, 1.165) is 9.78 Å². The molecule has 0 bridgehead atoms. The van der Waals surface area contributed by atoms with E-state index in [2.05, 4.69) is 15.3 Å². The third-order valence-electron chi connectivity index (χ3n) is 5.40. The van der Waals surface area contributed by atoms with Crippen molar-refractivity contribution in [3.63, 3.8) is 0 Å². The highest BCUT2D eigenvalue weighted by Crippen LogP contribution is 2.36. The highest BCUT2D eigenvalue weighted by molar-refractivity contribution is 7.09. The Hall–Kier alpha value is -3.80. The van der Waals surface area contributed by atoms with Crippen LogP contribution in [0.1, 0.15) is 22.2 Å². The third kappa shape index (κ3) is 5.16. The van der Waals surface area contributed by atoms with Crippen LogP contribution in [0.2, 0.25) is 0 Å². The number of nitrogens with zero attached hydrogens (tertiary/aromatic N) is 4. The maximum Gasteiger partial charge on any atom is 0.342 e. The lowest BCUT2D eigenvalue weighted by molar-refractivity contribution is -0.140. The van der Waals surface area contributed by atoms with Gasteiger partial charge in [0, 0.05) is 18.5 Å². The highest BCUT2D eigenvalue weighted by atomic mass is 32.1. The first-order valence-corrected chi connectivity index (χ1v) is 11.6. The second-order valence-electron chi connectivity index (χ2n) is 7.80. The van der Waals surface area contributed by atoms with Gasteiger partial charge in [0.15, 0.2) is 5.82 Å². The molecule has 0 unspecified atom stereocenters. The maximum atomic E-state index is 14.7. The highest BCUT2D eigenvalue weighted by Gasteiger charge is 2.47. The number of benzene rings is 1. The molecule has 1 amide bonds. The van der Waals surface area contributed by atoms with Crippen molar-refractivity contribution < 1.29 is 28.2 Å². The zero-order chi connectivity index (χ0) is 25.2. The summed E-state index contributed by atoms with van der Waals surface area (Å²) in [5, 5.41) is 14.1. The van der Waals surface area contributed by atoms with Gasteiger partial charge in [0.25, 0.3) is 5.91 Å². The van der Waals surface area contributed by atoms with E-state index in [1.54, 1.807) is 6.92 Å². The maximum absolute atomic E-state index is 14.7. The first kappa shape index (κ1) is 24.3. The first-order valence-electron chi connectivity index (χ1n) is 10.8. The van der Waals surface area contributed by atoms with Gasteiger partial charge in [-0.15, -0.1) is 11.3 Å². The Labute approximate surface area is 204 Å². The summed E-state index contributed by atoms with van der Waals surface area (Å²) in [5.41, 5.74) is 0.615. The molecule has 0 radical (unpaired) electrons. The largest absolute Gasteiger partial charge is 0.492 e. The van der Waals surface area contributed by atoms with Gasteiger partial charge in [0.2, 0.25) is 5.95 Å². The molecule has 2 N–H and O–H groups in total. The summed E-state index contributed by atoms with van der Waals surface area (Å²) in [6, 6.07) is 8.09. The van der Waals surface area contributed by atoms with E-state index in [-0.39, 0.29) is 35.3 Å². The summed E-state index contributed by atoms with van der Waals surface area (Å²) in [6.07, 6.45) is 1.82. The number of ether oxygens (including phenoxy) is 1. The van der Waals surface area contributed by atoms with Crippen molar-refractivity contribution in [2.45, 2.75) is 19.3 Å². The quantitative estimate of drug-likeness (QED) is 0.474. The fourth-order valence-corrected chi connectivity index (χ4v) is 4.37. The number of aromatic carboxylic acids is 1. The number of nitrogens with one attached hydrogen (secondary N) is 1. The van der Waals surface area contributed by atoms with Crippen molar-refractivity contribution in [1.82, 2.24) is 9.97 Å². The molecular weight excluding hydrogens is 480 g/mol. The lowest BCUT2D eigenvalue weighted by atomic mass is 10.2. The van der Waals surface area contributed by atoms with Gasteiger partial charge < -0.3 is 25.0 Å². The van der Waals surface area contributed by atoms with Gasteiger partial charge in [0.1, 0.15) is 11.4 Å². The van der Waals surface area contributed by atoms with E-state index in [4.69, 9.17) is 4.74 Å². The molecule has 2 aromatic heterocycles. The molecule has 0 saturated carbocycles. The molecule has 0 saturated heterocycles. The van der Waals surface area contributed by atoms with Crippen LogP contribution in [0.3, 0.4) is 0 Å². The monoisotopic (exact) mass is 503 g/mol. The van der Waals surface area contributed by atoms with Crippen molar-refractivity contribution in [2.24, 2.45) is 0 Å². The summed E-state index contributed by atoms with van der Waals surface area (Å²) in [4.78, 5) is 35.7. The number of rotatable bonds is 8. The molecular formula is C23H23F2N5O4S. The second kappa shape index (κ2) is 9.82. The summed E-state index contributed by atoms with van der Waals surface area (Å²) in [6.45, 7) is 1.45. The number of alkyl halides is 2. The Kier molecular flexibility index (Phi) is 6.83. The van der Waals surface area contributed by atoms with Gasteiger partial charge in [-0.05, 0) is 43.0 Å². The number of thiophene rings is 1. The number of hydrogen-bond acceptors (Lipinski definition) is 8. The van der Waals surface area contributed by atoms with Gasteiger partial charge in [-0.2, -0.15) is 13.8 Å². The van der Waals surface area contributed by atoms with E-state index >= 15 is 0 Å². The smallest absolute Gasteiger partial charge is 0.342 e. The van der Waals surface area contributed by atoms with Crippen molar-refractivity contribution in [3.05, 3.63) is 52.3 Å². The number of hydrogen-bond donors (Lipinski definition) is 2. The molecule has 0 aliphatic carbocycles. The molecule has 35 heavy (non-hydrogen) atoms. The van der Waals surface area contributed by atoms with Crippen LogP contribution < -0.4 is 19.9 Å². The first-order chi connectivity index (χ1) is 16.7. The zero-order valence-electron chi connectivity index (χ0n) is 19.0. The average molecular weight is 504 g/mol. The van der Waals surface area contributed by atoms with Crippen LogP contribution in [0.25, 0.3) is 0 Å². The summed E-state index contributed by atoms with van der Waals surface area (Å²) in [5.74, 6) is -5.49. The van der Waals surface area contributed by atoms with Crippen LogP contribution in [0.15, 0.2) is 41.9 Å². The molecule has 0 fully saturated rings. The number of halogens is 2. The molecule has 1 aromatic carbocycles. The third-order valence-corrected chi connectivity index (χ3v) is 6.34. The molecule has 12 heteroatoms. The molecule has 1 aliphatic heterocycles. The SMILES string of the molecule is CCOc1cc(C(=O)O)ccc1Nc1ncc2c(n1)N(CCc1cccs1)CC(F)(F)C(=O)N2C. The van der Waals surface area contributed by atoms with E-state index in [1.807, 2.05) is 17.5 Å². The van der Waals surface area contributed by atoms with Crippen LogP contribution in [0.4, 0.5) is 31.9 Å². The predicted molar refractivity (Wildman–Crippen MR) is 128 cm³/mol.